The van der Waals surface area contributed by atoms with E-state index in [0.717, 1.165) is 45.2 Å². The first-order valence-corrected chi connectivity index (χ1v) is 11.6. The zero-order valence-electron chi connectivity index (χ0n) is 18.9. The minimum absolute atomic E-state index is 0.0329. The molecule has 2 heterocycles. The number of likely N-dealkylation sites (tertiary alicyclic amines) is 1. The summed E-state index contributed by atoms with van der Waals surface area (Å²) >= 11 is 0. The smallest absolute Gasteiger partial charge is 0.260 e. The third kappa shape index (κ3) is 6.36. The Morgan fingerprint density at radius 2 is 1.91 bits per heavy atom. The Morgan fingerprint density at radius 1 is 1.16 bits per heavy atom. The average Bonchev–Trinajstić information content (AvgIpc) is 2.84. The van der Waals surface area contributed by atoms with Gasteiger partial charge in [0.25, 0.3) is 11.8 Å². The van der Waals surface area contributed by atoms with Crippen molar-refractivity contribution in [3.8, 4) is 17.6 Å². The molecule has 2 aliphatic heterocycles. The van der Waals surface area contributed by atoms with Crippen molar-refractivity contribution in [2.24, 2.45) is 0 Å². The van der Waals surface area contributed by atoms with Crippen molar-refractivity contribution in [3.05, 3.63) is 23.8 Å². The number of ether oxygens (including phenoxy) is 3. The van der Waals surface area contributed by atoms with Crippen LogP contribution in [0, 0.1) is 11.3 Å². The fraction of sp³-hybridized carbons (Fsp3) is 0.625. The summed E-state index contributed by atoms with van der Waals surface area (Å²) in [5, 5.41) is 9.03. The van der Waals surface area contributed by atoms with E-state index in [1.165, 1.54) is 0 Å². The van der Waals surface area contributed by atoms with E-state index in [-0.39, 0.29) is 30.9 Å². The van der Waals surface area contributed by atoms with E-state index in [9.17, 15) is 9.59 Å². The lowest BCUT2D eigenvalue weighted by molar-refractivity contribution is -0.134. The van der Waals surface area contributed by atoms with Crippen molar-refractivity contribution in [2.75, 3.05) is 46.1 Å². The summed E-state index contributed by atoms with van der Waals surface area (Å²) in [5.74, 6) is 0.721. The number of carbonyl (C=O) groups is 2. The zero-order chi connectivity index (χ0) is 22.8. The second-order valence-corrected chi connectivity index (χ2v) is 8.07. The summed E-state index contributed by atoms with van der Waals surface area (Å²) in [5.41, 5.74) is 0.479. The van der Waals surface area contributed by atoms with Crippen molar-refractivity contribution >= 4 is 11.8 Å². The molecule has 2 aliphatic rings. The maximum atomic E-state index is 13.3. The van der Waals surface area contributed by atoms with Gasteiger partial charge in [-0.3, -0.25) is 9.59 Å². The van der Waals surface area contributed by atoms with Crippen molar-refractivity contribution in [2.45, 2.75) is 51.5 Å². The van der Waals surface area contributed by atoms with Gasteiger partial charge in [0, 0.05) is 44.5 Å². The van der Waals surface area contributed by atoms with Crippen LogP contribution in [0.1, 0.15) is 55.8 Å². The molecule has 0 atom stereocenters. The number of benzene rings is 1. The highest BCUT2D eigenvalue weighted by Crippen LogP contribution is 2.30. The first-order valence-electron chi connectivity index (χ1n) is 11.6. The van der Waals surface area contributed by atoms with Crippen LogP contribution in [0.15, 0.2) is 18.2 Å². The van der Waals surface area contributed by atoms with E-state index in [1.54, 1.807) is 23.1 Å². The SMILES string of the molecule is CCOc1cc(C(=O)N(CCC#N)C2CCOCC2)ccc1OCC(=O)N1CCCCC1. The normalized spacial score (nSPS) is 16.8. The molecule has 0 bridgehead atoms. The molecular formula is C24H33N3O5. The first-order chi connectivity index (χ1) is 15.6. The highest BCUT2D eigenvalue weighted by molar-refractivity contribution is 5.95. The fourth-order valence-corrected chi connectivity index (χ4v) is 4.19. The minimum atomic E-state index is -0.135. The van der Waals surface area contributed by atoms with Crippen LogP contribution >= 0.6 is 0 Å². The lowest BCUT2D eigenvalue weighted by Gasteiger charge is -2.34. The van der Waals surface area contributed by atoms with Gasteiger partial charge in [0.1, 0.15) is 0 Å². The molecule has 2 fully saturated rings. The number of piperidine rings is 1. The second-order valence-electron chi connectivity index (χ2n) is 8.07. The Kier molecular flexibility index (Phi) is 9.17. The summed E-state index contributed by atoms with van der Waals surface area (Å²) in [6.45, 7) is 5.38. The molecular weight excluding hydrogens is 410 g/mol. The maximum absolute atomic E-state index is 13.3. The average molecular weight is 444 g/mol. The number of nitriles is 1. The predicted octanol–water partition coefficient (Wildman–Crippen LogP) is 3.01. The van der Waals surface area contributed by atoms with Crippen LogP contribution in [0.4, 0.5) is 0 Å². The van der Waals surface area contributed by atoms with Crippen LogP contribution in [0.3, 0.4) is 0 Å². The van der Waals surface area contributed by atoms with Crippen molar-refractivity contribution in [3.63, 3.8) is 0 Å². The Morgan fingerprint density at radius 3 is 2.59 bits per heavy atom. The molecule has 0 saturated carbocycles. The standard InChI is InChI=1S/C24H33N3O5/c1-2-31-22-17-19(24(29)27(14-6-11-25)20-9-15-30-16-10-20)7-8-21(22)32-18-23(28)26-12-4-3-5-13-26/h7-8,17,20H,2-6,9-10,12-16,18H2,1H3. The minimum Gasteiger partial charge on any atom is -0.490 e. The van der Waals surface area contributed by atoms with E-state index < -0.39 is 0 Å². The number of nitrogens with zero attached hydrogens (tertiary/aromatic N) is 3. The lowest BCUT2D eigenvalue weighted by atomic mass is 10.0. The summed E-state index contributed by atoms with van der Waals surface area (Å²) < 4.78 is 16.9. The molecule has 0 aromatic heterocycles. The predicted molar refractivity (Wildman–Crippen MR) is 119 cm³/mol. The number of hydrogen-bond donors (Lipinski definition) is 0. The highest BCUT2D eigenvalue weighted by atomic mass is 16.5. The third-order valence-electron chi connectivity index (χ3n) is 5.91. The quantitative estimate of drug-likeness (QED) is 0.583. The molecule has 8 heteroatoms. The van der Waals surface area contributed by atoms with Crippen LogP contribution in [-0.2, 0) is 9.53 Å². The van der Waals surface area contributed by atoms with Gasteiger partial charge in [-0.15, -0.1) is 0 Å². The van der Waals surface area contributed by atoms with E-state index in [2.05, 4.69) is 6.07 Å². The Bertz CT molecular complexity index is 810. The van der Waals surface area contributed by atoms with E-state index >= 15 is 0 Å². The van der Waals surface area contributed by atoms with Gasteiger partial charge in [0.15, 0.2) is 18.1 Å². The van der Waals surface area contributed by atoms with Gasteiger partial charge in [-0.2, -0.15) is 5.26 Å². The van der Waals surface area contributed by atoms with Crippen LogP contribution in [-0.4, -0.2) is 73.7 Å². The van der Waals surface area contributed by atoms with Crippen LogP contribution in [0.5, 0.6) is 11.5 Å². The van der Waals surface area contributed by atoms with E-state index in [4.69, 9.17) is 19.5 Å². The second kappa shape index (κ2) is 12.3. The highest BCUT2D eigenvalue weighted by Gasteiger charge is 2.27. The number of hydrogen-bond acceptors (Lipinski definition) is 6. The van der Waals surface area contributed by atoms with Crippen LogP contribution in [0.25, 0.3) is 0 Å². The van der Waals surface area contributed by atoms with Crippen LogP contribution < -0.4 is 9.47 Å². The summed E-state index contributed by atoms with van der Waals surface area (Å²) in [7, 11) is 0. The molecule has 0 unspecified atom stereocenters. The molecule has 2 saturated heterocycles. The van der Waals surface area contributed by atoms with Crippen molar-refractivity contribution < 1.29 is 23.8 Å². The van der Waals surface area contributed by atoms with Crippen molar-refractivity contribution in [1.82, 2.24) is 9.80 Å². The molecule has 0 radical (unpaired) electrons. The Hall–Kier alpha value is -2.79. The lowest BCUT2D eigenvalue weighted by Crippen LogP contribution is -2.44. The molecule has 8 nitrogen and oxygen atoms in total. The molecule has 0 N–H and O–H groups in total. The van der Waals surface area contributed by atoms with Gasteiger partial charge in [-0.05, 0) is 57.2 Å². The van der Waals surface area contributed by atoms with Gasteiger partial charge in [-0.25, -0.2) is 0 Å². The monoisotopic (exact) mass is 443 g/mol. The molecule has 1 aromatic rings. The third-order valence-corrected chi connectivity index (χ3v) is 5.91. The summed E-state index contributed by atoms with van der Waals surface area (Å²) in [6, 6.07) is 7.25. The molecule has 0 aliphatic carbocycles. The van der Waals surface area contributed by atoms with Crippen molar-refractivity contribution in [1.29, 1.82) is 5.26 Å². The van der Waals surface area contributed by atoms with Gasteiger partial charge in [0.2, 0.25) is 0 Å². The van der Waals surface area contributed by atoms with E-state index in [0.29, 0.717) is 43.4 Å². The number of carbonyl (C=O) groups excluding carboxylic acids is 2. The molecule has 32 heavy (non-hydrogen) atoms. The first kappa shape index (κ1) is 23.9. The molecule has 0 spiro atoms. The summed E-state index contributed by atoms with van der Waals surface area (Å²) in [6.07, 6.45) is 5.02. The van der Waals surface area contributed by atoms with Gasteiger partial charge < -0.3 is 24.0 Å². The van der Waals surface area contributed by atoms with Gasteiger partial charge >= 0.3 is 0 Å². The fourth-order valence-electron chi connectivity index (χ4n) is 4.19. The van der Waals surface area contributed by atoms with Gasteiger partial charge in [-0.1, -0.05) is 0 Å². The van der Waals surface area contributed by atoms with Crippen LogP contribution in [0.2, 0.25) is 0 Å². The molecule has 3 rings (SSSR count). The molecule has 174 valence electrons. The summed E-state index contributed by atoms with van der Waals surface area (Å²) in [4.78, 5) is 29.4. The largest absolute Gasteiger partial charge is 0.490 e. The van der Waals surface area contributed by atoms with Gasteiger partial charge in [0.05, 0.1) is 19.1 Å². The number of rotatable bonds is 9. The van der Waals surface area contributed by atoms with E-state index in [1.807, 2.05) is 11.8 Å². The Labute approximate surface area is 190 Å². The molecule has 1 aromatic carbocycles. The Balaban J connectivity index is 1.71. The topological polar surface area (TPSA) is 92.1 Å². The molecule has 2 amide bonds. The zero-order valence-corrected chi connectivity index (χ0v) is 18.9. The number of amides is 2. The maximum Gasteiger partial charge on any atom is 0.260 e.